The molecule has 19 heavy (non-hydrogen) atoms. The van der Waals surface area contributed by atoms with Crippen LogP contribution in [0.15, 0.2) is 40.9 Å². The third-order valence-corrected chi connectivity index (χ3v) is 4.00. The van der Waals surface area contributed by atoms with E-state index in [1.165, 1.54) is 0 Å². The number of benzene rings is 2. The molecule has 0 heterocycles. The highest BCUT2D eigenvalue weighted by atomic mass is 79.9. The molecule has 4 heteroatoms. The first-order valence-electron chi connectivity index (χ1n) is 5.92. The Morgan fingerprint density at radius 1 is 1.11 bits per heavy atom. The van der Waals surface area contributed by atoms with E-state index in [-0.39, 0.29) is 5.91 Å². The van der Waals surface area contributed by atoms with Crippen molar-refractivity contribution in [2.75, 3.05) is 11.1 Å². The number of amides is 1. The second-order valence-corrected chi connectivity index (χ2v) is 5.24. The number of anilines is 2. The Balaban J connectivity index is 2.31. The van der Waals surface area contributed by atoms with Crippen LogP contribution >= 0.6 is 15.9 Å². The number of rotatable bonds is 2. The lowest BCUT2D eigenvalue weighted by molar-refractivity contribution is 0.102. The standard InChI is InChI=1S/C15H15BrN2O/c1-9-11(5-3-6-12(9)16)15(19)18-14-8-4-7-13(17)10(14)2/h3-8H,17H2,1-2H3,(H,18,19). The molecule has 3 nitrogen and oxygen atoms in total. The van der Waals surface area contributed by atoms with E-state index in [1.54, 1.807) is 6.07 Å². The van der Waals surface area contributed by atoms with Crippen molar-refractivity contribution < 1.29 is 4.79 Å². The molecular formula is C15H15BrN2O. The molecule has 0 saturated heterocycles. The lowest BCUT2D eigenvalue weighted by Crippen LogP contribution is -2.14. The minimum Gasteiger partial charge on any atom is -0.398 e. The molecule has 0 aliphatic rings. The fourth-order valence-electron chi connectivity index (χ4n) is 1.83. The predicted molar refractivity (Wildman–Crippen MR) is 82.4 cm³/mol. The van der Waals surface area contributed by atoms with E-state index in [0.29, 0.717) is 11.3 Å². The van der Waals surface area contributed by atoms with E-state index in [2.05, 4.69) is 21.2 Å². The molecule has 1 amide bonds. The van der Waals surface area contributed by atoms with Crippen LogP contribution in [-0.4, -0.2) is 5.91 Å². The number of nitrogens with one attached hydrogen (secondary N) is 1. The van der Waals surface area contributed by atoms with Gasteiger partial charge in [-0.3, -0.25) is 4.79 Å². The van der Waals surface area contributed by atoms with Crippen molar-refractivity contribution in [1.29, 1.82) is 0 Å². The van der Waals surface area contributed by atoms with E-state index in [9.17, 15) is 4.79 Å². The Hall–Kier alpha value is -1.81. The van der Waals surface area contributed by atoms with Gasteiger partial charge in [0.05, 0.1) is 0 Å². The van der Waals surface area contributed by atoms with E-state index in [1.807, 2.05) is 44.2 Å². The maximum Gasteiger partial charge on any atom is 0.255 e. The van der Waals surface area contributed by atoms with Gasteiger partial charge in [0.1, 0.15) is 0 Å². The summed E-state index contributed by atoms with van der Waals surface area (Å²) in [6.07, 6.45) is 0. The van der Waals surface area contributed by atoms with E-state index >= 15 is 0 Å². The van der Waals surface area contributed by atoms with Crippen LogP contribution in [0, 0.1) is 13.8 Å². The van der Waals surface area contributed by atoms with Crippen molar-refractivity contribution in [3.63, 3.8) is 0 Å². The molecule has 0 aliphatic heterocycles. The summed E-state index contributed by atoms with van der Waals surface area (Å²) in [7, 11) is 0. The number of hydrogen-bond donors (Lipinski definition) is 2. The first-order valence-corrected chi connectivity index (χ1v) is 6.71. The largest absolute Gasteiger partial charge is 0.398 e. The minimum atomic E-state index is -0.132. The third kappa shape index (κ3) is 2.79. The van der Waals surface area contributed by atoms with Crippen molar-refractivity contribution in [3.8, 4) is 0 Å². The lowest BCUT2D eigenvalue weighted by atomic mass is 10.1. The van der Waals surface area contributed by atoms with Crippen LogP contribution in [0.1, 0.15) is 21.5 Å². The van der Waals surface area contributed by atoms with Crippen LogP contribution in [-0.2, 0) is 0 Å². The Bertz CT molecular complexity index is 638. The molecule has 0 radical (unpaired) electrons. The molecule has 0 bridgehead atoms. The second-order valence-electron chi connectivity index (χ2n) is 4.39. The highest BCUT2D eigenvalue weighted by Crippen LogP contribution is 2.23. The molecule has 2 aromatic rings. The van der Waals surface area contributed by atoms with Gasteiger partial charge in [-0.15, -0.1) is 0 Å². The molecule has 0 aliphatic carbocycles. The fourth-order valence-corrected chi connectivity index (χ4v) is 2.20. The molecule has 0 atom stereocenters. The maximum atomic E-state index is 12.3. The van der Waals surface area contributed by atoms with Gasteiger partial charge in [-0.05, 0) is 49.2 Å². The molecule has 98 valence electrons. The topological polar surface area (TPSA) is 55.1 Å². The van der Waals surface area contributed by atoms with Crippen LogP contribution in [0.25, 0.3) is 0 Å². The average molecular weight is 319 g/mol. The first-order chi connectivity index (χ1) is 9.00. The van der Waals surface area contributed by atoms with Crippen LogP contribution in [0.5, 0.6) is 0 Å². The Kier molecular flexibility index (Phi) is 3.90. The molecular weight excluding hydrogens is 304 g/mol. The molecule has 0 spiro atoms. The van der Waals surface area contributed by atoms with E-state index in [0.717, 1.165) is 21.3 Å². The van der Waals surface area contributed by atoms with Crippen molar-refractivity contribution in [3.05, 3.63) is 57.6 Å². The van der Waals surface area contributed by atoms with Crippen molar-refractivity contribution in [2.24, 2.45) is 0 Å². The molecule has 2 aromatic carbocycles. The average Bonchev–Trinajstić information content (AvgIpc) is 2.38. The summed E-state index contributed by atoms with van der Waals surface area (Å²) in [5.41, 5.74) is 9.69. The third-order valence-electron chi connectivity index (χ3n) is 3.14. The van der Waals surface area contributed by atoms with Gasteiger partial charge in [-0.25, -0.2) is 0 Å². The van der Waals surface area contributed by atoms with Gasteiger partial charge in [0, 0.05) is 21.4 Å². The van der Waals surface area contributed by atoms with Crippen LogP contribution in [0.2, 0.25) is 0 Å². The van der Waals surface area contributed by atoms with Gasteiger partial charge in [0.25, 0.3) is 5.91 Å². The van der Waals surface area contributed by atoms with E-state index < -0.39 is 0 Å². The summed E-state index contributed by atoms with van der Waals surface area (Å²) in [6, 6.07) is 11.0. The van der Waals surface area contributed by atoms with Crippen molar-refractivity contribution in [1.82, 2.24) is 0 Å². The quantitative estimate of drug-likeness (QED) is 0.825. The zero-order valence-electron chi connectivity index (χ0n) is 10.8. The number of halogens is 1. The number of nitrogens with two attached hydrogens (primary N) is 1. The monoisotopic (exact) mass is 318 g/mol. The summed E-state index contributed by atoms with van der Waals surface area (Å²) in [5.74, 6) is -0.132. The van der Waals surface area contributed by atoms with Crippen LogP contribution < -0.4 is 11.1 Å². The SMILES string of the molecule is Cc1c(N)cccc1NC(=O)c1cccc(Br)c1C. The van der Waals surface area contributed by atoms with Crippen LogP contribution in [0.3, 0.4) is 0 Å². The van der Waals surface area contributed by atoms with Crippen molar-refractivity contribution >= 4 is 33.2 Å². The summed E-state index contributed by atoms with van der Waals surface area (Å²) < 4.78 is 0.921. The number of nitrogen functional groups attached to an aromatic ring is 1. The molecule has 3 N–H and O–H groups in total. The second kappa shape index (κ2) is 5.45. The predicted octanol–water partition coefficient (Wildman–Crippen LogP) is 3.90. The van der Waals surface area contributed by atoms with Gasteiger partial charge in [0.2, 0.25) is 0 Å². The maximum absolute atomic E-state index is 12.3. The number of carbonyl (C=O) groups excluding carboxylic acids is 1. The molecule has 0 fully saturated rings. The zero-order chi connectivity index (χ0) is 14.0. The Labute approximate surface area is 121 Å². The van der Waals surface area contributed by atoms with Gasteiger partial charge in [-0.1, -0.05) is 28.1 Å². The summed E-state index contributed by atoms with van der Waals surface area (Å²) in [4.78, 5) is 12.3. The molecule has 0 unspecified atom stereocenters. The van der Waals surface area contributed by atoms with Crippen molar-refractivity contribution in [2.45, 2.75) is 13.8 Å². The fraction of sp³-hybridized carbons (Fsp3) is 0.133. The minimum absolute atomic E-state index is 0.132. The summed E-state index contributed by atoms with van der Waals surface area (Å²) in [5, 5.41) is 2.90. The smallest absolute Gasteiger partial charge is 0.255 e. The van der Waals surface area contributed by atoms with Gasteiger partial charge >= 0.3 is 0 Å². The highest BCUT2D eigenvalue weighted by molar-refractivity contribution is 9.10. The summed E-state index contributed by atoms with van der Waals surface area (Å²) >= 11 is 3.43. The molecule has 2 rings (SSSR count). The van der Waals surface area contributed by atoms with Crippen LogP contribution in [0.4, 0.5) is 11.4 Å². The zero-order valence-corrected chi connectivity index (χ0v) is 12.4. The summed E-state index contributed by atoms with van der Waals surface area (Å²) in [6.45, 7) is 3.80. The Morgan fingerprint density at radius 3 is 2.53 bits per heavy atom. The van der Waals surface area contributed by atoms with Gasteiger partial charge in [0.15, 0.2) is 0 Å². The molecule has 0 saturated carbocycles. The lowest BCUT2D eigenvalue weighted by Gasteiger charge is -2.12. The highest BCUT2D eigenvalue weighted by Gasteiger charge is 2.12. The normalized spacial score (nSPS) is 10.3. The Morgan fingerprint density at radius 2 is 1.79 bits per heavy atom. The van der Waals surface area contributed by atoms with E-state index in [4.69, 9.17) is 5.73 Å². The number of hydrogen-bond acceptors (Lipinski definition) is 2. The van der Waals surface area contributed by atoms with Gasteiger partial charge in [-0.2, -0.15) is 0 Å². The number of carbonyl (C=O) groups is 1. The first kappa shape index (κ1) is 13.6. The van der Waals surface area contributed by atoms with Gasteiger partial charge < -0.3 is 11.1 Å². The molecule has 0 aromatic heterocycles.